The number of ether oxygens (including phenoxy) is 1. The fraction of sp³-hybridized carbons (Fsp3) is 0.600. The Hall–Kier alpha value is -0.540. The Balaban J connectivity index is 1.89. The average Bonchev–Trinajstić information content (AvgIpc) is 2.82. The van der Waals surface area contributed by atoms with Gasteiger partial charge in [0.25, 0.3) is 0 Å². The Morgan fingerprint density at radius 2 is 2.11 bits per heavy atom. The maximum absolute atomic E-state index is 6.26. The zero-order valence-electron chi connectivity index (χ0n) is 11.0. The molecule has 1 fully saturated rings. The van der Waals surface area contributed by atoms with Crippen molar-refractivity contribution in [1.29, 1.82) is 0 Å². The number of halogens is 1. The molecule has 1 aliphatic carbocycles. The van der Waals surface area contributed by atoms with Crippen molar-refractivity contribution in [3.05, 3.63) is 28.2 Å². The first kappa shape index (κ1) is 13.9. The fourth-order valence-electron chi connectivity index (χ4n) is 2.90. The van der Waals surface area contributed by atoms with E-state index in [4.69, 9.17) is 10.5 Å². The normalized spacial score (nSPS) is 17.9. The minimum Gasteiger partial charge on any atom is -0.496 e. The number of hydrogen-bond acceptors (Lipinski definition) is 2. The summed E-state index contributed by atoms with van der Waals surface area (Å²) in [5, 5.41) is 0. The van der Waals surface area contributed by atoms with Crippen molar-refractivity contribution >= 4 is 15.9 Å². The first-order valence-corrected chi connectivity index (χ1v) is 7.56. The van der Waals surface area contributed by atoms with Crippen molar-refractivity contribution in [2.75, 3.05) is 7.11 Å². The molecule has 2 nitrogen and oxygen atoms in total. The Bertz CT molecular complexity index is 388. The molecule has 1 aliphatic rings. The second-order valence-electron chi connectivity index (χ2n) is 5.32. The van der Waals surface area contributed by atoms with Gasteiger partial charge in [-0.25, -0.2) is 0 Å². The van der Waals surface area contributed by atoms with Crippen molar-refractivity contribution < 1.29 is 4.74 Å². The van der Waals surface area contributed by atoms with E-state index in [9.17, 15) is 0 Å². The monoisotopic (exact) mass is 311 g/mol. The van der Waals surface area contributed by atoms with Crippen molar-refractivity contribution in [1.82, 2.24) is 0 Å². The van der Waals surface area contributed by atoms with E-state index in [0.29, 0.717) is 0 Å². The summed E-state index contributed by atoms with van der Waals surface area (Å²) in [6.45, 7) is 0. The quantitative estimate of drug-likeness (QED) is 0.895. The smallest absolute Gasteiger partial charge is 0.133 e. The molecule has 0 saturated heterocycles. The maximum Gasteiger partial charge on any atom is 0.133 e. The van der Waals surface area contributed by atoms with Gasteiger partial charge in [-0.3, -0.25) is 0 Å². The van der Waals surface area contributed by atoms with Crippen LogP contribution in [0.1, 0.15) is 37.7 Å². The summed E-state index contributed by atoms with van der Waals surface area (Å²) in [5.74, 6) is 1.74. The maximum atomic E-state index is 6.26. The van der Waals surface area contributed by atoms with E-state index in [2.05, 4.69) is 28.1 Å². The van der Waals surface area contributed by atoms with Crippen LogP contribution in [0.4, 0.5) is 0 Å². The Morgan fingerprint density at radius 3 is 2.72 bits per heavy atom. The summed E-state index contributed by atoms with van der Waals surface area (Å²) in [5.41, 5.74) is 7.54. The van der Waals surface area contributed by atoms with Crippen LogP contribution >= 0.6 is 15.9 Å². The molecule has 1 aromatic rings. The molecule has 1 unspecified atom stereocenters. The van der Waals surface area contributed by atoms with Crippen LogP contribution in [0.2, 0.25) is 0 Å². The minimum absolute atomic E-state index is 0.286. The van der Waals surface area contributed by atoms with E-state index >= 15 is 0 Å². The van der Waals surface area contributed by atoms with Crippen LogP contribution in [0.15, 0.2) is 22.7 Å². The molecule has 0 amide bonds. The number of methoxy groups -OCH3 is 1. The standard InChI is InChI=1S/C15H22BrNO/c1-18-15-7-6-12(10-14(15)16)9-13(17)8-11-4-2-3-5-11/h6-7,10-11,13H,2-5,8-9,17H2,1H3. The first-order chi connectivity index (χ1) is 8.69. The summed E-state index contributed by atoms with van der Waals surface area (Å²) < 4.78 is 6.24. The topological polar surface area (TPSA) is 35.2 Å². The molecule has 1 saturated carbocycles. The van der Waals surface area contributed by atoms with Gasteiger partial charge in [-0.2, -0.15) is 0 Å². The number of hydrogen-bond donors (Lipinski definition) is 1. The molecule has 2 rings (SSSR count). The molecule has 0 bridgehead atoms. The lowest BCUT2D eigenvalue weighted by atomic mass is 9.94. The Morgan fingerprint density at radius 1 is 1.39 bits per heavy atom. The van der Waals surface area contributed by atoms with Crippen LogP contribution in [0, 0.1) is 5.92 Å². The average molecular weight is 312 g/mol. The third kappa shape index (κ3) is 3.72. The van der Waals surface area contributed by atoms with Crippen LogP contribution in [0.3, 0.4) is 0 Å². The molecule has 1 atom stereocenters. The van der Waals surface area contributed by atoms with Gasteiger partial charge in [0.2, 0.25) is 0 Å². The number of nitrogens with two attached hydrogens (primary N) is 1. The molecule has 18 heavy (non-hydrogen) atoms. The van der Waals surface area contributed by atoms with Crippen LogP contribution in [0.25, 0.3) is 0 Å². The lowest BCUT2D eigenvalue weighted by Crippen LogP contribution is -2.25. The van der Waals surface area contributed by atoms with Crippen molar-refractivity contribution in [2.45, 2.75) is 44.6 Å². The van der Waals surface area contributed by atoms with Gasteiger partial charge in [0.05, 0.1) is 11.6 Å². The molecule has 0 aliphatic heterocycles. The summed E-state index contributed by atoms with van der Waals surface area (Å²) in [4.78, 5) is 0. The predicted octanol–water partition coefficient (Wildman–Crippen LogP) is 3.91. The van der Waals surface area contributed by atoms with Gasteiger partial charge in [-0.1, -0.05) is 31.7 Å². The van der Waals surface area contributed by atoms with Crippen LogP contribution in [-0.4, -0.2) is 13.2 Å². The summed E-state index contributed by atoms with van der Waals surface area (Å²) in [7, 11) is 1.69. The van der Waals surface area contributed by atoms with Gasteiger partial charge < -0.3 is 10.5 Å². The van der Waals surface area contributed by atoms with E-state index in [1.807, 2.05) is 6.07 Å². The highest BCUT2D eigenvalue weighted by atomic mass is 79.9. The Kier molecular flexibility index (Phi) is 5.07. The lowest BCUT2D eigenvalue weighted by Gasteiger charge is -2.16. The zero-order chi connectivity index (χ0) is 13.0. The Labute approximate surface area is 118 Å². The lowest BCUT2D eigenvalue weighted by molar-refractivity contribution is 0.411. The summed E-state index contributed by atoms with van der Waals surface area (Å²) in [6.07, 6.45) is 7.67. The van der Waals surface area contributed by atoms with E-state index in [1.54, 1.807) is 7.11 Å². The summed E-state index contributed by atoms with van der Waals surface area (Å²) in [6, 6.07) is 6.51. The summed E-state index contributed by atoms with van der Waals surface area (Å²) >= 11 is 3.52. The van der Waals surface area contributed by atoms with Crippen molar-refractivity contribution in [3.8, 4) is 5.75 Å². The van der Waals surface area contributed by atoms with Gasteiger partial charge in [0.1, 0.15) is 5.75 Å². The highest BCUT2D eigenvalue weighted by Gasteiger charge is 2.18. The molecule has 100 valence electrons. The molecule has 0 spiro atoms. The number of benzene rings is 1. The molecule has 1 aromatic carbocycles. The van der Waals surface area contributed by atoms with Gasteiger partial charge in [0.15, 0.2) is 0 Å². The first-order valence-electron chi connectivity index (χ1n) is 6.77. The molecular formula is C15H22BrNO. The second-order valence-corrected chi connectivity index (χ2v) is 6.17. The minimum atomic E-state index is 0.286. The molecule has 0 heterocycles. The van der Waals surface area contributed by atoms with Crippen molar-refractivity contribution in [3.63, 3.8) is 0 Å². The van der Waals surface area contributed by atoms with E-state index in [1.165, 1.54) is 37.7 Å². The molecule has 0 aromatic heterocycles. The molecule has 0 radical (unpaired) electrons. The van der Waals surface area contributed by atoms with Gasteiger partial charge in [-0.15, -0.1) is 0 Å². The van der Waals surface area contributed by atoms with Crippen LogP contribution < -0.4 is 10.5 Å². The molecular weight excluding hydrogens is 290 g/mol. The van der Waals surface area contributed by atoms with Crippen LogP contribution in [-0.2, 0) is 6.42 Å². The fourth-order valence-corrected chi connectivity index (χ4v) is 3.49. The van der Waals surface area contributed by atoms with E-state index in [-0.39, 0.29) is 6.04 Å². The third-order valence-electron chi connectivity index (χ3n) is 3.82. The van der Waals surface area contributed by atoms with E-state index < -0.39 is 0 Å². The predicted molar refractivity (Wildman–Crippen MR) is 78.9 cm³/mol. The molecule has 3 heteroatoms. The largest absolute Gasteiger partial charge is 0.496 e. The highest BCUT2D eigenvalue weighted by molar-refractivity contribution is 9.10. The van der Waals surface area contributed by atoms with Gasteiger partial charge in [0, 0.05) is 6.04 Å². The second kappa shape index (κ2) is 6.58. The molecule has 2 N–H and O–H groups in total. The van der Waals surface area contributed by atoms with Gasteiger partial charge in [-0.05, 0) is 52.4 Å². The zero-order valence-corrected chi connectivity index (χ0v) is 12.6. The third-order valence-corrected chi connectivity index (χ3v) is 4.44. The van der Waals surface area contributed by atoms with Crippen molar-refractivity contribution in [2.24, 2.45) is 11.7 Å². The SMILES string of the molecule is COc1ccc(CC(N)CC2CCCC2)cc1Br. The number of rotatable bonds is 5. The highest BCUT2D eigenvalue weighted by Crippen LogP contribution is 2.30. The van der Waals surface area contributed by atoms with Gasteiger partial charge >= 0.3 is 0 Å². The van der Waals surface area contributed by atoms with Crippen LogP contribution in [0.5, 0.6) is 5.75 Å². The van der Waals surface area contributed by atoms with E-state index in [0.717, 1.165) is 22.6 Å².